The number of anilines is 2. The first-order valence-electron chi connectivity index (χ1n) is 12.6. The van der Waals surface area contributed by atoms with E-state index in [1.165, 1.54) is 17.2 Å². The Morgan fingerprint density at radius 3 is 2.92 bits per heavy atom. The van der Waals surface area contributed by atoms with Crippen LogP contribution in [0.4, 0.5) is 16.3 Å². The van der Waals surface area contributed by atoms with Gasteiger partial charge in [-0.3, -0.25) is 9.47 Å². The van der Waals surface area contributed by atoms with Crippen molar-refractivity contribution < 1.29 is 19.7 Å². The summed E-state index contributed by atoms with van der Waals surface area (Å²) in [6.07, 6.45) is 2.43. The van der Waals surface area contributed by atoms with Gasteiger partial charge in [-0.05, 0) is 44.4 Å². The number of aromatic nitrogens is 4. The van der Waals surface area contributed by atoms with Crippen LogP contribution in [0, 0.1) is 0 Å². The van der Waals surface area contributed by atoms with E-state index in [0.717, 1.165) is 17.7 Å². The lowest BCUT2D eigenvalue weighted by molar-refractivity contribution is -0.109. The molecule has 0 radical (unpaired) electrons. The summed E-state index contributed by atoms with van der Waals surface area (Å²) < 4.78 is 7.24. The topological polar surface area (TPSA) is 164 Å². The first-order valence-corrected chi connectivity index (χ1v) is 12.6. The molecule has 3 heterocycles. The minimum Gasteiger partial charge on any atom is -0.385 e. The standard InChI is InChI=1S/C25H36N8O4/c1-4-17-7-5-8-18(11-17)31-24(35)27-9-6-10-32(16(2)3)12-19-21(34)25(36,13-37-19)33-15-30-20-22(26)28-14-29-23(20)33/h5,7-8,11,14-16,19,21,34,36H,4,6,9-10,12-13H2,1-3H3,(H2,26,28,29)(H2,27,31,35). The lowest BCUT2D eigenvalue weighted by atomic mass is 10.0. The van der Waals surface area contributed by atoms with Crippen LogP contribution in [0.5, 0.6) is 0 Å². The molecule has 4 rings (SSSR count). The fraction of sp³-hybridized carbons (Fsp3) is 0.520. The predicted molar refractivity (Wildman–Crippen MR) is 140 cm³/mol. The number of hydrogen-bond acceptors (Lipinski definition) is 9. The number of nitrogens with two attached hydrogens (primary N) is 1. The molecule has 37 heavy (non-hydrogen) atoms. The number of aliphatic hydroxyl groups excluding tert-OH is 1. The van der Waals surface area contributed by atoms with Crippen LogP contribution < -0.4 is 16.4 Å². The average Bonchev–Trinajstić information content (AvgIpc) is 3.44. The summed E-state index contributed by atoms with van der Waals surface area (Å²) in [5, 5.41) is 28.2. The van der Waals surface area contributed by atoms with Gasteiger partial charge in [-0.2, -0.15) is 0 Å². The second-order valence-electron chi connectivity index (χ2n) is 9.60. The van der Waals surface area contributed by atoms with Crippen molar-refractivity contribution in [2.75, 3.05) is 37.3 Å². The van der Waals surface area contributed by atoms with Gasteiger partial charge in [0.2, 0.25) is 0 Å². The Balaban J connectivity index is 1.30. The van der Waals surface area contributed by atoms with Crippen molar-refractivity contribution in [3.8, 4) is 0 Å². The van der Waals surface area contributed by atoms with Crippen molar-refractivity contribution in [1.29, 1.82) is 0 Å². The summed E-state index contributed by atoms with van der Waals surface area (Å²) >= 11 is 0. The lowest BCUT2D eigenvalue weighted by Crippen LogP contribution is -2.49. The highest BCUT2D eigenvalue weighted by atomic mass is 16.5. The number of benzene rings is 1. The highest BCUT2D eigenvalue weighted by Gasteiger charge is 2.50. The maximum absolute atomic E-state index is 12.3. The van der Waals surface area contributed by atoms with Gasteiger partial charge in [-0.1, -0.05) is 19.1 Å². The Bertz CT molecular complexity index is 1220. The molecule has 0 aliphatic carbocycles. The predicted octanol–water partition coefficient (Wildman–Crippen LogP) is 1.30. The average molecular weight is 513 g/mol. The van der Waals surface area contributed by atoms with Crippen LogP contribution in [0.15, 0.2) is 36.9 Å². The highest BCUT2D eigenvalue weighted by molar-refractivity contribution is 5.89. The molecule has 3 unspecified atom stereocenters. The molecule has 0 spiro atoms. The van der Waals surface area contributed by atoms with E-state index in [1.807, 2.05) is 24.3 Å². The summed E-state index contributed by atoms with van der Waals surface area (Å²) in [4.78, 5) is 26.7. The van der Waals surface area contributed by atoms with E-state index >= 15 is 0 Å². The van der Waals surface area contributed by atoms with E-state index in [2.05, 4.69) is 51.3 Å². The zero-order valence-electron chi connectivity index (χ0n) is 21.5. The van der Waals surface area contributed by atoms with Crippen LogP contribution in [0.25, 0.3) is 11.2 Å². The van der Waals surface area contributed by atoms with Crippen molar-refractivity contribution in [3.63, 3.8) is 0 Å². The molecule has 1 fully saturated rings. The van der Waals surface area contributed by atoms with Crippen LogP contribution in [0.2, 0.25) is 0 Å². The number of fused-ring (bicyclic) bond motifs is 1. The second-order valence-corrected chi connectivity index (χ2v) is 9.60. The first-order chi connectivity index (χ1) is 17.7. The molecule has 1 saturated heterocycles. The Morgan fingerprint density at radius 2 is 2.16 bits per heavy atom. The van der Waals surface area contributed by atoms with Crippen LogP contribution in [0.3, 0.4) is 0 Å². The Hall–Kier alpha value is -3.32. The molecular formula is C25H36N8O4. The molecule has 12 heteroatoms. The fourth-order valence-corrected chi connectivity index (χ4v) is 4.52. The van der Waals surface area contributed by atoms with E-state index < -0.39 is 17.9 Å². The molecule has 12 nitrogen and oxygen atoms in total. The summed E-state index contributed by atoms with van der Waals surface area (Å²) in [6.45, 7) is 7.62. The van der Waals surface area contributed by atoms with Crippen molar-refractivity contribution in [1.82, 2.24) is 29.7 Å². The quantitative estimate of drug-likeness (QED) is 0.252. The lowest BCUT2D eigenvalue weighted by Gasteiger charge is -2.32. The van der Waals surface area contributed by atoms with Gasteiger partial charge in [-0.25, -0.2) is 19.7 Å². The van der Waals surface area contributed by atoms with E-state index in [1.54, 1.807) is 0 Å². The number of carbonyl (C=O) groups is 1. The van der Waals surface area contributed by atoms with Gasteiger partial charge >= 0.3 is 6.03 Å². The van der Waals surface area contributed by atoms with Gasteiger partial charge in [0.05, 0.1) is 12.9 Å². The number of aryl methyl sites for hydroxylation is 1. The third kappa shape index (κ3) is 5.82. The number of nitrogens with one attached hydrogen (secondary N) is 2. The van der Waals surface area contributed by atoms with Gasteiger partial charge in [0, 0.05) is 31.4 Å². The number of urea groups is 1. The van der Waals surface area contributed by atoms with E-state index in [9.17, 15) is 15.0 Å². The van der Waals surface area contributed by atoms with E-state index in [0.29, 0.717) is 37.2 Å². The zero-order valence-corrected chi connectivity index (χ0v) is 21.5. The summed E-state index contributed by atoms with van der Waals surface area (Å²) in [5.74, 6) is 0.194. The number of ether oxygens (including phenoxy) is 1. The van der Waals surface area contributed by atoms with Crippen molar-refractivity contribution in [3.05, 3.63) is 42.5 Å². The number of aliphatic hydroxyl groups is 2. The third-order valence-electron chi connectivity index (χ3n) is 6.76. The maximum atomic E-state index is 12.3. The minimum absolute atomic E-state index is 0.124. The number of hydrogen-bond donors (Lipinski definition) is 5. The number of rotatable bonds is 10. The smallest absolute Gasteiger partial charge is 0.319 e. The number of nitrogens with zero attached hydrogens (tertiary/aromatic N) is 5. The molecular weight excluding hydrogens is 476 g/mol. The van der Waals surface area contributed by atoms with Crippen LogP contribution >= 0.6 is 0 Å². The van der Waals surface area contributed by atoms with Crippen LogP contribution in [0.1, 0.15) is 32.8 Å². The highest BCUT2D eigenvalue weighted by Crippen LogP contribution is 2.33. The molecule has 1 aliphatic heterocycles. The molecule has 200 valence electrons. The minimum atomic E-state index is -1.74. The molecule has 1 aromatic carbocycles. The summed E-state index contributed by atoms with van der Waals surface area (Å²) in [5.41, 5.74) is 6.72. The van der Waals surface area contributed by atoms with Crippen molar-refractivity contribution >= 4 is 28.7 Å². The van der Waals surface area contributed by atoms with Gasteiger partial charge in [0.15, 0.2) is 17.2 Å². The number of nitrogen functional groups attached to an aromatic ring is 1. The summed E-state index contributed by atoms with van der Waals surface area (Å²) in [6, 6.07) is 7.69. The van der Waals surface area contributed by atoms with Gasteiger partial charge in [0.25, 0.3) is 0 Å². The van der Waals surface area contributed by atoms with Crippen LogP contribution in [-0.2, 0) is 16.9 Å². The zero-order chi connectivity index (χ0) is 26.6. The van der Waals surface area contributed by atoms with E-state index in [4.69, 9.17) is 10.5 Å². The molecule has 0 saturated carbocycles. The monoisotopic (exact) mass is 512 g/mol. The largest absolute Gasteiger partial charge is 0.385 e. The van der Waals surface area contributed by atoms with Crippen LogP contribution in [-0.4, -0.2) is 85.2 Å². The first kappa shape index (κ1) is 26.7. The van der Waals surface area contributed by atoms with E-state index in [-0.39, 0.29) is 24.5 Å². The van der Waals surface area contributed by atoms with Crippen molar-refractivity contribution in [2.24, 2.45) is 0 Å². The Kier molecular flexibility index (Phi) is 8.22. The molecule has 2 aromatic heterocycles. The third-order valence-corrected chi connectivity index (χ3v) is 6.76. The molecule has 3 atom stereocenters. The summed E-state index contributed by atoms with van der Waals surface area (Å²) in [7, 11) is 0. The normalized spacial score (nSPS) is 21.7. The van der Waals surface area contributed by atoms with Crippen molar-refractivity contribution in [2.45, 2.75) is 57.6 Å². The maximum Gasteiger partial charge on any atom is 0.319 e. The second kappa shape index (κ2) is 11.4. The SMILES string of the molecule is CCc1cccc(NC(=O)NCCCN(CC2OCC(O)(n3cnc4c(N)ncnc43)C2O)C(C)C)c1. The number of imidazole rings is 1. The molecule has 2 amide bonds. The Morgan fingerprint density at radius 1 is 1.35 bits per heavy atom. The fourth-order valence-electron chi connectivity index (χ4n) is 4.52. The van der Waals surface area contributed by atoms with Gasteiger partial charge < -0.3 is 31.3 Å². The number of amides is 2. The molecule has 1 aliphatic rings. The Labute approximate surface area is 215 Å². The van der Waals surface area contributed by atoms with Gasteiger partial charge in [-0.15, -0.1) is 0 Å². The molecule has 3 aromatic rings. The molecule has 0 bridgehead atoms. The number of carbonyl (C=O) groups excluding carboxylic acids is 1. The van der Waals surface area contributed by atoms with Gasteiger partial charge in [0.1, 0.15) is 24.1 Å². The molecule has 6 N–H and O–H groups in total.